The SMILES string of the molecule is CC(C)(C)c1nc(N)cc(Nc2cc(Cl)ccc2Cl)n1. The third-order valence-electron chi connectivity index (χ3n) is 2.61. The Bertz CT molecular complexity index is 636. The van der Waals surface area contributed by atoms with Crippen molar-refractivity contribution in [1.82, 2.24) is 9.97 Å². The van der Waals surface area contributed by atoms with Crippen LogP contribution < -0.4 is 11.1 Å². The van der Waals surface area contributed by atoms with Gasteiger partial charge in [0.15, 0.2) is 0 Å². The summed E-state index contributed by atoms with van der Waals surface area (Å²) in [6.45, 7) is 6.08. The van der Waals surface area contributed by atoms with E-state index >= 15 is 0 Å². The van der Waals surface area contributed by atoms with Gasteiger partial charge in [0.1, 0.15) is 17.5 Å². The van der Waals surface area contributed by atoms with E-state index < -0.39 is 0 Å². The molecule has 1 aromatic carbocycles. The standard InChI is InChI=1S/C14H16Cl2N4/c1-14(2,3)13-19-11(17)7-12(20-13)18-10-6-8(15)4-5-9(10)16/h4-7H,1-3H3,(H3,17,18,19,20). The first-order valence-electron chi connectivity index (χ1n) is 6.13. The molecule has 106 valence electrons. The number of aromatic nitrogens is 2. The van der Waals surface area contributed by atoms with E-state index in [4.69, 9.17) is 28.9 Å². The molecule has 6 heteroatoms. The van der Waals surface area contributed by atoms with Crippen LogP contribution in [0.3, 0.4) is 0 Å². The Kier molecular flexibility index (Phi) is 4.06. The fourth-order valence-corrected chi connectivity index (χ4v) is 1.93. The van der Waals surface area contributed by atoms with Gasteiger partial charge in [-0.2, -0.15) is 0 Å². The summed E-state index contributed by atoms with van der Waals surface area (Å²) in [5.41, 5.74) is 6.31. The highest BCUT2D eigenvalue weighted by Crippen LogP contribution is 2.29. The predicted octanol–water partition coefficient (Wildman–Crippen LogP) is 4.41. The highest BCUT2D eigenvalue weighted by Gasteiger charge is 2.18. The van der Waals surface area contributed by atoms with Crippen molar-refractivity contribution in [2.75, 3.05) is 11.1 Å². The third-order valence-corrected chi connectivity index (χ3v) is 3.17. The van der Waals surface area contributed by atoms with E-state index in [1.165, 1.54) is 0 Å². The highest BCUT2D eigenvalue weighted by molar-refractivity contribution is 6.35. The summed E-state index contributed by atoms with van der Waals surface area (Å²) in [6, 6.07) is 6.84. The van der Waals surface area contributed by atoms with Gasteiger partial charge in [-0.3, -0.25) is 0 Å². The molecule has 0 saturated heterocycles. The van der Waals surface area contributed by atoms with E-state index in [9.17, 15) is 0 Å². The number of benzene rings is 1. The van der Waals surface area contributed by atoms with E-state index in [0.29, 0.717) is 33.2 Å². The Morgan fingerprint density at radius 1 is 1.10 bits per heavy atom. The number of nitrogens with two attached hydrogens (primary N) is 1. The molecular weight excluding hydrogens is 295 g/mol. The minimum atomic E-state index is -0.191. The molecule has 0 aliphatic carbocycles. The van der Waals surface area contributed by atoms with Crippen LogP contribution in [-0.4, -0.2) is 9.97 Å². The lowest BCUT2D eigenvalue weighted by molar-refractivity contribution is 0.547. The average molecular weight is 311 g/mol. The van der Waals surface area contributed by atoms with E-state index in [-0.39, 0.29) is 5.41 Å². The minimum Gasteiger partial charge on any atom is -0.384 e. The molecule has 0 fully saturated rings. The smallest absolute Gasteiger partial charge is 0.138 e. The van der Waals surface area contributed by atoms with Gasteiger partial charge in [0.05, 0.1) is 10.7 Å². The van der Waals surface area contributed by atoms with Crippen molar-refractivity contribution in [2.45, 2.75) is 26.2 Å². The zero-order valence-corrected chi connectivity index (χ0v) is 13.0. The summed E-state index contributed by atoms with van der Waals surface area (Å²) >= 11 is 12.1. The van der Waals surface area contributed by atoms with Crippen molar-refractivity contribution in [3.8, 4) is 0 Å². The molecule has 4 nitrogen and oxygen atoms in total. The van der Waals surface area contributed by atoms with E-state index in [2.05, 4.69) is 15.3 Å². The van der Waals surface area contributed by atoms with Gasteiger partial charge in [0, 0.05) is 16.5 Å². The maximum Gasteiger partial charge on any atom is 0.138 e. The molecule has 0 unspecified atom stereocenters. The fraction of sp³-hybridized carbons (Fsp3) is 0.286. The first-order valence-corrected chi connectivity index (χ1v) is 6.88. The molecule has 3 N–H and O–H groups in total. The zero-order valence-electron chi connectivity index (χ0n) is 11.5. The number of nitrogens with one attached hydrogen (secondary N) is 1. The average Bonchev–Trinajstić information content (AvgIpc) is 2.32. The molecule has 0 amide bonds. The van der Waals surface area contributed by atoms with Gasteiger partial charge in [0.25, 0.3) is 0 Å². The Labute approximate surface area is 128 Å². The topological polar surface area (TPSA) is 63.8 Å². The fourth-order valence-electron chi connectivity index (χ4n) is 1.60. The van der Waals surface area contributed by atoms with E-state index in [1.807, 2.05) is 20.8 Å². The van der Waals surface area contributed by atoms with Crippen molar-refractivity contribution >= 4 is 40.5 Å². The molecule has 0 aliphatic heterocycles. The Hall–Kier alpha value is -1.52. The normalized spacial score (nSPS) is 11.4. The maximum absolute atomic E-state index is 6.12. The molecule has 0 atom stereocenters. The number of hydrogen-bond acceptors (Lipinski definition) is 4. The zero-order chi connectivity index (χ0) is 14.9. The van der Waals surface area contributed by atoms with Crippen LogP contribution in [0.2, 0.25) is 10.0 Å². The van der Waals surface area contributed by atoms with Crippen LogP contribution in [0.5, 0.6) is 0 Å². The lowest BCUT2D eigenvalue weighted by Gasteiger charge is -2.18. The number of nitrogen functional groups attached to an aromatic ring is 1. The van der Waals surface area contributed by atoms with Crippen molar-refractivity contribution in [3.63, 3.8) is 0 Å². The second-order valence-corrected chi connectivity index (χ2v) is 6.34. The molecule has 1 heterocycles. The molecule has 0 aliphatic rings. The Balaban J connectivity index is 2.39. The second-order valence-electron chi connectivity index (χ2n) is 5.50. The molecule has 20 heavy (non-hydrogen) atoms. The number of halogens is 2. The van der Waals surface area contributed by atoms with Gasteiger partial charge < -0.3 is 11.1 Å². The number of anilines is 3. The lowest BCUT2D eigenvalue weighted by Crippen LogP contribution is -2.17. The summed E-state index contributed by atoms with van der Waals surface area (Å²) in [6.07, 6.45) is 0. The van der Waals surface area contributed by atoms with E-state index in [1.54, 1.807) is 24.3 Å². The van der Waals surface area contributed by atoms with Gasteiger partial charge in [-0.15, -0.1) is 0 Å². The maximum atomic E-state index is 6.12. The van der Waals surface area contributed by atoms with Crippen molar-refractivity contribution < 1.29 is 0 Å². The number of nitrogens with zero attached hydrogens (tertiary/aromatic N) is 2. The van der Waals surface area contributed by atoms with Gasteiger partial charge in [-0.25, -0.2) is 9.97 Å². The van der Waals surface area contributed by atoms with Gasteiger partial charge in [-0.1, -0.05) is 44.0 Å². The van der Waals surface area contributed by atoms with Crippen LogP contribution in [-0.2, 0) is 5.41 Å². The minimum absolute atomic E-state index is 0.191. The third kappa shape index (κ3) is 3.52. The largest absolute Gasteiger partial charge is 0.384 e. The summed E-state index contributed by atoms with van der Waals surface area (Å²) in [7, 11) is 0. The summed E-state index contributed by atoms with van der Waals surface area (Å²) in [5.74, 6) is 1.66. The van der Waals surface area contributed by atoms with Crippen molar-refractivity contribution in [2.24, 2.45) is 0 Å². The van der Waals surface area contributed by atoms with Gasteiger partial charge in [0.2, 0.25) is 0 Å². The second kappa shape index (κ2) is 5.46. The first kappa shape index (κ1) is 14.9. The molecule has 0 radical (unpaired) electrons. The lowest BCUT2D eigenvalue weighted by atomic mass is 9.96. The predicted molar refractivity (Wildman–Crippen MR) is 84.9 cm³/mol. The van der Waals surface area contributed by atoms with Crippen LogP contribution >= 0.6 is 23.2 Å². The molecular formula is C14H16Cl2N4. The summed E-state index contributed by atoms with van der Waals surface area (Å²) < 4.78 is 0. The highest BCUT2D eigenvalue weighted by atomic mass is 35.5. The Morgan fingerprint density at radius 3 is 2.45 bits per heavy atom. The number of hydrogen-bond donors (Lipinski definition) is 2. The van der Waals surface area contributed by atoms with Gasteiger partial charge in [-0.05, 0) is 18.2 Å². The van der Waals surface area contributed by atoms with Crippen LogP contribution in [0.4, 0.5) is 17.3 Å². The number of rotatable bonds is 2. The van der Waals surface area contributed by atoms with Crippen LogP contribution in [0.25, 0.3) is 0 Å². The molecule has 0 saturated carbocycles. The monoisotopic (exact) mass is 310 g/mol. The van der Waals surface area contributed by atoms with E-state index in [0.717, 1.165) is 0 Å². The summed E-state index contributed by atoms with van der Waals surface area (Å²) in [4.78, 5) is 8.72. The van der Waals surface area contributed by atoms with Crippen LogP contribution in [0.15, 0.2) is 24.3 Å². The summed E-state index contributed by atoms with van der Waals surface area (Å²) in [5, 5.41) is 4.27. The van der Waals surface area contributed by atoms with Crippen molar-refractivity contribution in [1.29, 1.82) is 0 Å². The van der Waals surface area contributed by atoms with Crippen molar-refractivity contribution in [3.05, 3.63) is 40.1 Å². The molecule has 0 bridgehead atoms. The molecule has 1 aromatic heterocycles. The molecule has 2 rings (SSSR count). The molecule has 2 aromatic rings. The first-order chi connectivity index (χ1) is 9.25. The van der Waals surface area contributed by atoms with Crippen LogP contribution in [0, 0.1) is 0 Å². The van der Waals surface area contributed by atoms with Crippen LogP contribution in [0.1, 0.15) is 26.6 Å². The van der Waals surface area contributed by atoms with Gasteiger partial charge >= 0.3 is 0 Å². The Morgan fingerprint density at radius 2 is 1.80 bits per heavy atom. The molecule has 0 spiro atoms. The quantitative estimate of drug-likeness (QED) is 0.862.